The van der Waals surface area contributed by atoms with Gasteiger partial charge in [0, 0.05) is 24.7 Å². The number of anilines is 1. The van der Waals surface area contributed by atoms with Crippen molar-refractivity contribution in [2.75, 3.05) is 25.5 Å². The zero-order valence-electron chi connectivity index (χ0n) is 19.1. The van der Waals surface area contributed by atoms with Crippen LogP contribution in [-0.4, -0.2) is 39.6 Å². The molecule has 9 heteroatoms. The Kier molecular flexibility index (Phi) is 6.43. The molecule has 3 atom stereocenters. The summed E-state index contributed by atoms with van der Waals surface area (Å²) in [5.41, 5.74) is 0.568. The van der Waals surface area contributed by atoms with E-state index < -0.39 is 23.8 Å². The highest BCUT2D eigenvalue weighted by molar-refractivity contribution is 5.87. The number of alkyl halides is 2. The number of halogens is 3. The lowest BCUT2D eigenvalue weighted by atomic mass is 9.82. The summed E-state index contributed by atoms with van der Waals surface area (Å²) in [5, 5.41) is 3.78. The normalized spacial score (nSPS) is 20.4. The summed E-state index contributed by atoms with van der Waals surface area (Å²) < 4.78 is 42.5. The molecule has 1 fully saturated rings. The van der Waals surface area contributed by atoms with Gasteiger partial charge in [0.2, 0.25) is 0 Å². The van der Waals surface area contributed by atoms with E-state index in [2.05, 4.69) is 34.2 Å². The zero-order chi connectivity index (χ0) is 23.9. The van der Waals surface area contributed by atoms with Crippen molar-refractivity contribution in [3.8, 4) is 0 Å². The summed E-state index contributed by atoms with van der Waals surface area (Å²) in [7, 11) is 3.75. The quantitative estimate of drug-likeness (QED) is 0.603. The molecule has 176 valence electrons. The summed E-state index contributed by atoms with van der Waals surface area (Å²) in [6.07, 6.45) is -0.692. The van der Waals surface area contributed by atoms with Gasteiger partial charge in [-0.1, -0.05) is 25.1 Å². The fourth-order valence-electron chi connectivity index (χ4n) is 4.84. The highest BCUT2D eigenvalue weighted by Gasteiger charge is 2.29. The number of nitrogens with zero attached hydrogens (tertiary/aromatic N) is 4. The molecular formula is C24H28F3N5O. The third kappa shape index (κ3) is 4.34. The van der Waals surface area contributed by atoms with E-state index in [1.807, 2.05) is 6.07 Å². The van der Waals surface area contributed by atoms with Gasteiger partial charge >= 0.3 is 0 Å². The van der Waals surface area contributed by atoms with E-state index in [1.165, 1.54) is 23.0 Å². The predicted molar refractivity (Wildman–Crippen MR) is 122 cm³/mol. The van der Waals surface area contributed by atoms with Gasteiger partial charge in [-0.25, -0.2) is 23.1 Å². The summed E-state index contributed by atoms with van der Waals surface area (Å²) in [4.78, 5) is 24.0. The highest BCUT2D eigenvalue weighted by atomic mass is 19.3. The van der Waals surface area contributed by atoms with Gasteiger partial charge in [0.25, 0.3) is 12.0 Å². The molecule has 2 unspecified atom stereocenters. The van der Waals surface area contributed by atoms with Gasteiger partial charge in [-0.05, 0) is 44.8 Å². The number of benzene rings is 1. The summed E-state index contributed by atoms with van der Waals surface area (Å²) in [6.45, 7) is 5.64. The topological polar surface area (TPSA) is 63.0 Å². The fraction of sp³-hybridized carbons (Fsp3) is 0.458. The Hall–Kier alpha value is -2.94. The molecule has 1 saturated heterocycles. The molecular weight excluding hydrogens is 431 g/mol. The van der Waals surface area contributed by atoms with Gasteiger partial charge in [-0.2, -0.15) is 0 Å². The number of aryl methyl sites for hydroxylation is 1. The lowest BCUT2D eigenvalue weighted by molar-refractivity contribution is 0.146. The summed E-state index contributed by atoms with van der Waals surface area (Å²) in [6, 6.07) is 5.18. The standard InChI is InChI=1S/C24H28F3N5O/c1-13-11-31(3)9-8-15(13)18-10-19-22(28-12-29-23(19)32(4)24(18)33)30-14(2)16-6-5-7-17(20(16)25)21(26)27/h5-7,10,12-15,21H,8-9,11H2,1-4H3,(H,28,29,30)/t13?,14-,15?/m1/s1. The van der Waals surface area contributed by atoms with E-state index in [-0.39, 0.29) is 17.0 Å². The van der Waals surface area contributed by atoms with Crippen molar-refractivity contribution < 1.29 is 13.2 Å². The third-order valence-electron chi connectivity index (χ3n) is 6.65. The molecule has 3 aromatic rings. The second-order valence-electron chi connectivity index (χ2n) is 8.98. The second-order valence-corrected chi connectivity index (χ2v) is 8.98. The van der Waals surface area contributed by atoms with Crippen LogP contribution < -0.4 is 10.9 Å². The van der Waals surface area contributed by atoms with Crippen LogP contribution in [0.3, 0.4) is 0 Å². The number of pyridine rings is 1. The molecule has 3 heterocycles. The Morgan fingerprint density at radius 3 is 2.61 bits per heavy atom. The average molecular weight is 460 g/mol. The van der Waals surface area contributed by atoms with Gasteiger partial charge in [-0.3, -0.25) is 9.36 Å². The first kappa shape index (κ1) is 23.2. The molecule has 0 amide bonds. The lowest BCUT2D eigenvalue weighted by Gasteiger charge is -2.34. The van der Waals surface area contributed by atoms with Crippen molar-refractivity contribution in [3.63, 3.8) is 0 Å². The highest BCUT2D eigenvalue weighted by Crippen LogP contribution is 2.34. The number of hydrogen-bond donors (Lipinski definition) is 1. The molecule has 1 aliphatic rings. The first-order chi connectivity index (χ1) is 15.7. The van der Waals surface area contributed by atoms with Crippen LogP contribution in [0, 0.1) is 11.7 Å². The maximum absolute atomic E-state index is 14.7. The molecule has 1 aliphatic heterocycles. The molecule has 4 rings (SSSR count). The van der Waals surface area contributed by atoms with E-state index >= 15 is 0 Å². The van der Waals surface area contributed by atoms with Crippen LogP contribution in [0.25, 0.3) is 11.0 Å². The molecule has 0 saturated carbocycles. The minimum Gasteiger partial charge on any atom is -0.363 e. The molecule has 1 aromatic carbocycles. The van der Waals surface area contributed by atoms with Crippen molar-refractivity contribution in [3.05, 3.63) is 63.5 Å². The molecule has 0 radical (unpaired) electrons. The number of likely N-dealkylation sites (tertiary alicyclic amines) is 1. The molecule has 0 spiro atoms. The predicted octanol–water partition coefficient (Wildman–Crippen LogP) is 4.63. The van der Waals surface area contributed by atoms with Crippen LogP contribution in [0.15, 0.2) is 35.4 Å². The van der Waals surface area contributed by atoms with Crippen LogP contribution in [0.5, 0.6) is 0 Å². The van der Waals surface area contributed by atoms with Crippen molar-refractivity contribution in [2.45, 2.75) is 38.7 Å². The summed E-state index contributed by atoms with van der Waals surface area (Å²) >= 11 is 0. The van der Waals surface area contributed by atoms with Gasteiger partial charge in [-0.15, -0.1) is 0 Å². The first-order valence-corrected chi connectivity index (χ1v) is 11.0. The Bertz CT molecular complexity index is 1230. The van der Waals surface area contributed by atoms with Crippen molar-refractivity contribution in [1.82, 2.24) is 19.4 Å². The average Bonchev–Trinajstić information content (AvgIpc) is 2.77. The van der Waals surface area contributed by atoms with Gasteiger partial charge in [0.05, 0.1) is 17.0 Å². The number of piperidine rings is 1. The molecule has 33 heavy (non-hydrogen) atoms. The minimum absolute atomic E-state index is 0.0859. The van der Waals surface area contributed by atoms with Gasteiger partial charge in [0.1, 0.15) is 23.6 Å². The number of aromatic nitrogens is 3. The van der Waals surface area contributed by atoms with Crippen LogP contribution in [0.4, 0.5) is 19.0 Å². The first-order valence-electron chi connectivity index (χ1n) is 11.0. The number of hydrogen-bond acceptors (Lipinski definition) is 5. The third-order valence-corrected chi connectivity index (χ3v) is 6.65. The number of nitrogens with one attached hydrogen (secondary N) is 1. The summed E-state index contributed by atoms with van der Waals surface area (Å²) in [5.74, 6) is -0.0964. The van der Waals surface area contributed by atoms with Gasteiger partial charge in [0.15, 0.2) is 0 Å². The van der Waals surface area contributed by atoms with E-state index in [0.717, 1.165) is 25.6 Å². The lowest BCUT2D eigenvalue weighted by Crippen LogP contribution is -2.38. The van der Waals surface area contributed by atoms with E-state index in [0.29, 0.717) is 28.3 Å². The monoisotopic (exact) mass is 459 g/mol. The smallest absolute Gasteiger partial charge is 0.266 e. The molecule has 1 N–H and O–H groups in total. The van der Waals surface area contributed by atoms with Crippen LogP contribution >= 0.6 is 0 Å². The Morgan fingerprint density at radius 1 is 1.18 bits per heavy atom. The van der Waals surface area contributed by atoms with E-state index in [9.17, 15) is 18.0 Å². The molecule has 0 bridgehead atoms. The fourth-order valence-corrected chi connectivity index (χ4v) is 4.84. The molecule has 0 aliphatic carbocycles. The van der Waals surface area contributed by atoms with E-state index in [1.54, 1.807) is 14.0 Å². The second kappa shape index (κ2) is 9.13. The number of fused-ring (bicyclic) bond motifs is 1. The van der Waals surface area contributed by atoms with E-state index in [4.69, 9.17) is 0 Å². The zero-order valence-corrected chi connectivity index (χ0v) is 19.1. The Morgan fingerprint density at radius 2 is 1.91 bits per heavy atom. The Labute approximate surface area is 190 Å². The minimum atomic E-state index is -2.90. The van der Waals surface area contributed by atoms with Crippen LogP contribution in [0.1, 0.15) is 55.3 Å². The Balaban J connectivity index is 1.76. The maximum Gasteiger partial charge on any atom is 0.266 e. The molecule has 2 aromatic heterocycles. The van der Waals surface area contributed by atoms with Crippen LogP contribution in [0.2, 0.25) is 0 Å². The molecule has 6 nitrogen and oxygen atoms in total. The van der Waals surface area contributed by atoms with Crippen LogP contribution in [-0.2, 0) is 7.05 Å². The number of rotatable bonds is 5. The van der Waals surface area contributed by atoms with Crippen molar-refractivity contribution in [2.24, 2.45) is 13.0 Å². The largest absolute Gasteiger partial charge is 0.363 e. The SMILES string of the molecule is CC1CN(C)CCC1c1cc2c(N[C@H](C)c3cccc(C(F)F)c3F)ncnc2n(C)c1=O. The van der Waals surface area contributed by atoms with Gasteiger partial charge < -0.3 is 10.2 Å². The maximum atomic E-state index is 14.7. The van der Waals surface area contributed by atoms with Crippen molar-refractivity contribution in [1.29, 1.82) is 0 Å². The van der Waals surface area contributed by atoms with Crippen molar-refractivity contribution >= 4 is 16.9 Å².